The zero-order valence-electron chi connectivity index (χ0n) is 18.8. The highest BCUT2D eigenvalue weighted by Gasteiger charge is 2.28. The van der Waals surface area contributed by atoms with Crippen LogP contribution in [0.5, 0.6) is 5.75 Å². The summed E-state index contributed by atoms with van der Waals surface area (Å²) >= 11 is 6.28. The van der Waals surface area contributed by atoms with Gasteiger partial charge >= 0.3 is 0 Å². The quantitative estimate of drug-likeness (QED) is 0.474. The van der Waals surface area contributed by atoms with Crippen LogP contribution in [0.25, 0.3) is 0 Å². The van der Waals surface area contributed by atoms with Gasteiger partial charge in [0.2, 0.25) is 15.9 Å². The molecule has 1 N–H and O–H groups in total. The number of halogens is 1. The highest BCUT2D eigenvalue weighted by atomic mass is 35.5. The van der Waals surface area contributed by atoms with Gasteiger partial charge in [-0.05, 0) is 55.3 Å². The molecule has 0 saturated heterocycles. The van der Waals surface area contributed by atoms with Gasteiger partial charge in [-0.15, -0.1) is 0 Å². The summed E-state index contributed by atoms with van der Waals surface area (Å²) in [7, 11) is -2.35. The zero-order valence-corrected chi connectivity index (χ0v) is 20.4. The van der Waals surface area contributed by atoms with Crippen molar-refractivity contribution in [3.8, 4) is 5.75 Å². The number of nitrogens with zero attached hydrogens (tertiary/aromatic N) is 1. The Kier molecular flexibility index (Phi) is 8.13. The van der Waals surface area contributed by atoms with Gasteiger partial charge in [-0.25, -0.2) is 8.42 Å². The molecule has 33 heavy (non-hydrogen) atoms. The van der Waals surface area contributed by atoms with Crippen LogP contribution >= 0.6 is 11.6 Å². The fraction of sp³-hybridized carbons (Fsp3) is 0.240. The number of benzene rings is 3. The average molecular weight is 487 g/mol. The third-order valence-electron chi connectivity index (χ3n) is 5.28. The van der Waals surface area contributed by atoms with Gasteiger partial charge in [0.05, 0.1) is 24.6 Å². The summed E-state index contributed by atoms with van der Waals surface area (Å²) in [5, 5.41) is 3.32. The van der Waals surface area contributed by atoms with Crippen LogP contribution < -0.4 is 10.1 Å². The molecule has 0 fully saturated rings. The standard InChI is InChI=1S/C25H27ClN2O4S/c1-18-8-14-23(15-9-18)33(30,31)28(16-21-6-4-5-7-24(21)26)17-25(29)27-19(2)20-10-12-22(32-3)13-11-20/h4-15,19H,16-17H2,1-3H3,(H,27,29)/t19-/m0/s1. The Bertz CT molecular complexity index is 1200. The number of rotatable bonds is 9. The second-order valence-corrected chi connectivity index (χ2v) is 10.1. The van der Waals surface area contributed by atoms with Crippen molar-refractivity contribution >= 4 is 27.5 Å². The molecule has 0 aliphatic rings. The lowest BCUT2D eigenvalue weighted by molar-refractivity contribution is -0.122. The molecule has 3 aromatic carbocycles. The Hall–Kier alpha value is -2.87. The van der Waals surface area contributed by atoms with Crippen molar-refractivity contribution in [3.63, 3.8) is 0 Å². The fourth-order valence-corrected chi connectivity index (χ4v) is 4.89. The maximum atomic E-state index is 13.4. The summed E-state index contributed by atoms with van der Waals surface area (Å²) in [6, 6.07) is 20.6. The third kappa shape index (κ3) is 6.35. The number of carbonyl (C=O) groups excluding carboxylic acids is 1. The zero-order chi connectivity index (χ0) is 24.0. The topological polar surface area (TPSA) is 75.7 Å². The van der Waals surface area contributed by atoms with E-state index in [1.54, 1.807) is 55.6 Å². The maximum Gasteiger partial charge on any atom is 0.243 e. The normalized spacial score (nSPS) is 12.4. The van der Waals surface area contributed by atoms with Crippen molar-refractivity contribution in [3.05, 3.63) is 94.5 Å². The molecule has 0 aliphatic heterocycles. The highest BCUT2D eigenvalue weighted by molar-refractivity contribution is 7.89. The Morgan fingerprint density at radius 2 is 1.67 bits per heavy atom. The van der Waals surface area contributed by atoms with Crippen LogP contribution in [0.1, 0.15) is 29.7 Å². The van der Waals surface area contributed by atoms with Crippen LogP contribution in [0.4, 0.5) is 0 Å². The molecule has 0 spiro atoms. The van der Waals surface area contributed by atoms with Gasteiger partial charge < -0.3 is 10.1 Å². The molecule has 0 unspecified atom stereocenters. The van der Waals surface area contributed by atoms with Crippen molar-refractivity contribution in [2.45, 2.75) is 31.3 Å². The number of hydrogen-bond acceptors (Lipinski definition) is 4. The number of hydrogen-bond donors (Lipinski definition) is 1. The molecular formula is C25H27ClN2O4S. The van der Waals surface area contributed by atoms with Gasteiger partial charge in [0.1, 0.15) is 5.75 Å². The maximum absolute atomic E-state index is 13.4. The summed E-state index contributed by atoms with van der Waals surface area (Å²) in [4.78, 5) is 13.0. The largest absolute Gasteiger partial charge is 0.497 e. The van der Waals surface area contributed by atoms with Crippen molar-refractivity contribution < 1.29 is 17.9 Å². The number of carbonyl (C=O) groups is 1. The first-order chi connectivity index (χ1) is 15.7. The van der Waals surface area contributed by atoms with E-state index in [9.17, 15) is 13.2 Å². The van der Waals surface area contributed by atoms with Crippen molar-refractivity contribution in [2.24, 2.45) is 0 Å². The van der Waals surface area contributed by atoms with Crippen LogP contribution in [0.15, 0.2) is 77.7 Å². The van der Waals surface area contributed by atoms with E-state index in [-0.39, 0.29) is 24.0 Å². The first kappa shape index (κ1) is 24.8. The van der Waals surface area contributed by atoms with Crippen LogP contribution in [0, 0.1) is 6.92 Å². The molecule has 0 radical (unpaired) electrons. The molecule has 1 amide bonds. The Morgan fingerprint density at radius 1 is 1.03 bits per heavy atom. The monoisotopic (exact) mass is 486 g/mol. The van der Waals surface area contributed by atoms with E-state index in [0.717, 1.165) is 15.4 Å². The molecule has 0 aliphatic carbocycles. The smallest absolute Gasteiger partial charge is 0.243 e. The van der Waals surface area contributed by atoms with E-state index in [1.165, 1.54) is 0 Å². The van der Waals surface area contributed by atoms with Gasteiger partial charge in [-0.3, -0.25) is 4.79 Å². The van der Waals surface area contributed by atoms with E-state index < -0.39 is 15.9 Å². The molecule has 6 nitrogen and oxygen atoms in total. The average Bonchev–Trinajstić information content (AvgIpc) is 2.80. The second-order valence-electron chi connectivity index (χ2n) is 7.74. The SMILES string of the molecule is COc1ccc([C@H](C)NC(=O)CN(Cc2ccccc2Cl)S(=O)(=O)c2ccc(C)cc2)cc1. The summed E-state index contributed by atoms with van der Waals surface area (Å²) < 4.78 is 33.1. The molecule has 0 aromatic heterocycles. The summed E-state index contributed by atoms with van der Waals surface area (Å²) in [5.74, 6) is 0.299. The van der Waals surface area contributed by atoms with Crippen LogP contribution in [-0.4, -0.2) is 32.3 Å². The van der Waals surface area contributed by atoms with Gasteiger partial charge in [0, 0.05) is 11.6 Å². The number of nitrogens with one attached hydrogen (secondary N) is 1. The first-order valence-electron chi connectivity index (χ1n) is 10.4. The predicted molar refractivity (Wildman–Crippen MR) is 130 cm³/mol. The van der Waals surface area contributed by atoms with Crippen molar-refractivity contribution in [1.82, 2.24) is 9.62 Å². The van der Waals surface area contributed by atoms with Crippen LogP contribution in [0.3, 0.4) is 0 Å². The molecule has 1 atom stereocenters. The van der Waals surface area contributed by atoms with Crippen molar-refractivity contribution in [2.75, 3.05) is 13.7 Å². The summed E-state index contributed by atoms with van der Waals surface area (Å²) in [5.41, 5.74) is 2.44. The second kappa shape index (κ2) is 10.8. The lowest BCUT2D eigenvalue weighted by Gasteiger charge is -2.24. The number of ether oxygens (including phenoxy) is 1. The molecule has 3 aromatic rings. The Balaban J connectivity index is 1.83. The number of sulfonamides is 1. The van der Waals surface area contributed by atoms with E-state index in [4.69, 9.17) is 16.3 Å². The minimum atomic E-state index is -3.94. The molecule has 8 heteroatoms. The number of amides is 1. The molecule has 0 heterocycles. The molecule has 174 valence electrons. The Morgan fingerprint density at radius 3 is 2.27 bits per heavy atom. The predicted octanol–water partition coefficient (Wildman–Crippen LogP) is 4.73. The summed E-state index contributed by atoms with van der Waals surface area (Å²) in [6.45, 7) is 3.35. The number of methoxy groups -OCH3 is 1. The first-order valence-corrected chi connectivity index (χ1v) is 12.3. The van der Waals surface area contributed by atoms with E-state index in [0.29, 0.717) is 16.3 Å². The van der Waals surface area contributed by atoms with Gasteiger partial charge in [-0.2, -0.15) is 4.31 Å². The molecule has 3 rings (SSSR count). The van der Waals surface area contributed by atoms with Gasteiger partial charge in [0.25, 0.3) is 0 Å². The van der Waals surface area contributed by atoms with E-state index in [2.05, 4.69) is 5.32 Å². The van der Waals surface area contributed by atoms with Crippen molar-refractivity contribution in [1.29, 1.82) is 0 Å². The Labute approximate surface area is 200 Å². The van der Waals surface area contributed by atoms with Gasteiger partial charge in [-0.1, -0.05) is 59.6 Å². The third-order valence-corrected chi connectivity index (χ3v) is 7.45. The minimum absolute atomic E-state index is 0.0276. The van der Waals surface area contributed by atoms with Crippen LogP contribution in [-0.2, 0) is 21.4 Å². The molecule has 0 bridgehead atoms. The lowest BCUT2D eigenvalue weighted by atomic mass is 10.1. The summed E-state index contributed by atoms with van der Waals surface area (Å²) in [6.07, 6.45) is 0. The van der Waals surface area contributed by atoms with Gasteiger partial charge in [0.15, 0.2) is 0 Å². The fourth-order valence-electron chi connectivity index (χ4n) is 3.33. The van der Waals surface area contributed by atoms with Crippen LogP contribution in [0.2, 0.25) is 5.02 Å². The molecule has 0 saturated carbocycles. The highest BCUT2D eigenvalue weighted by Crippen LogP contribution is 2.23. The van der Waals surface area contributed by atoms with E-state index in [1.807, 2.05) is 38.1 Å². The molecular weight excluding hydrogens is 460 g/mol. The van der Waals surface area contributed by atoms with E-state index >= 15 is 0 Å². The minimum Gasteiger partial charge on any atom is -0.497 e. The number of aryl methyl sites for hydroxylation is 1. The lowest BCUT2D eigenvalue weighted by Crippen LogP contribution is -2.41.